The summed E-state index contributed by atoms with van der Waals surface area (Å²) in [6.45, 7) is 1.80. The van der Waals surface area contributed by atoms with E-state index in [1.807, 2.05) is 36.4 Å². The molecule has 0 unspecified atom stereocenters. The molecule has 2 N–H and O–H groups in total. The molecule has 0 aromatic heterocycles. The zero-order chi connectivity index (χ0) is 22.1. The zero-order valence-corrected chi connectivity index (χ0v) is 17.3. The Hall–Kier alpha value is -4.19. The van der Waals surface area contributed by atoms with Crippen molar-refractivity contribution in [1.29, 1.82) is 0 Å². The molecule has 0 heterocycles. The molecule has 6 nitrogen and oxygen atoms in total. The summed E-state index contributed by atoms with van der Waals surface area (Å²) in [5.41, 5.74) is 5.30. The van der Waals surface area contributed by atoms with Crippen LogP contribution < -0.4 is 15.5 Å². The molecule has 2 amide bonds. The number of carbonyl (C=O) groups is 2. The molecule has 3 rings (SSSR count). The molecule has 0 radical (unpaired) electrons. The molecule has 0 fully saturated rings. The highest BCUT2D eigenvalue weighted by Crippen LogP contribution is 2.14. The van der Waals surface area contributed by atoms with E-state index in [4.69, 9.17) is 4.74 Å². The maximum absolute atomic E-state index is 12.8. The van der Waals surface area contributed by atoms with Gasteiger partial charge in [0.2, 0.25) is 0 Å². The number of rotatable bonds is 7. The third-order valence-corrected chi connectivity index (χ3v) is 4.47. The molecule has 156 valence electrons. The van der Waals surface area contributed by atoms with E-state index in [1.165, 1.54) is 0 Å². The van der Waals surface area contributed by atoms with Gasteiger partial charge in [0, 0.05) is 5.56 Å². The number of nitrogens with zero attached hydrogens (tertiary/aromatic N) is 1. The second kappa shape index (κ2) is 10.5. The van der Waals surface area contributed by atoms with Gasteiger partial charge in [-0.15, -0.1) is 0 Å². The Morgan fingerprint density at radius 1 is 0.839 bits per heavy atom. The van der Waals surface area contributed by atoms with E-state index in [9.17, 15) is 9.59 Å². The number of ether oxygens (including phenoxy) is 1. The minimum Gasteiger partial charge on any atom is -0.497 e. The molecular formula is C25H23N3O3. The summed E-state index contributed by atoms with van der Waals surface area (Å²) in [5, 5.41) is 6.85. The van der Waals surface area contributed by atoms with Crippen LogP contribution >= 0.6 is 0 Å². The molecule has 6 heteroatoms. The van der Waals surface area contributed by atoms with Crippen LogP contribution in [-0.4, -0.2) is 24.6 Å². The van der Waals surface area contributed by atoms with E-state index in [2.05, 4.69) is 15.8 Å². The number of hydrogen-bond donors (Lipinski definition) is 2. The van der Waals surface area contributed by atoms with Gasteiger partial charge in [0.25, 0.3) is 11.8 Å². The van der Waals surface area contributed by atoms with Crippen LogP contribution in [0.5, 0.6) is 5.75 Å². The predicted octanol–water partition coefficient (Wildman–Crippen LogP) is 4.01. The quantitative estimate of drug-likeness (QED) is 0.349. The lowest BCUT2D eigenvalue weighted by Gasteiger charge is -2.10. The fraction of sp³-hybridized carbons (Fsp3) is 0.0800. The first kappa shape index (κ1) is 21.5. The normalized spacial score (nSPS) is 11.5. The number of amides is 2. The Kier molecular flexibility index (Phi) is 7.32. The molecule has 0 spiro atoms. The topological polar surface area (TPSA) is 79.8 Å². The van der Waals surface area contributed by atoms with Gasteiger partial charge in [-0.25, -0.2) is 5.43 Å². The SMILES string of the molecule is COc1ccc(/C=C(\NC(=O)c2ccccc2)C(=O)NN=C(C)c2ccccc2)cc1. The van der Waals surface area contributed by atoms with Crippen molar-refractivity contribution in [3.05, 3.63) is 107 Å². The fourth-order valence-corrected chi connectivity index (χ4v) is 2.75. The Morgan fingerprint density at radius 3 is 2.00 bits per heavy atom. The smallest absolute Gasteiger partial charge is 0.287 e. The van der Waals surface area contributed by atoms with Gasteiger partial charge in [0.05, 0.1) is 12.8 Å². The lowest BCUT2D eigenvalue weighted by atomic mass is 10.1. The minimum absolute atomic E-state index is 0.0728. The molecule has 0 atom stereocenters. The Morgan fingerprint density at radius 2 is 1.42 bits per heavy atom. The molecular weight excluding hydrogens is 390 g/mol. The molecule has 0 aliphatic carbocycles. The van der Waals surface area contributed by atoms with Crippen LogP contribution in [0.15, 0.2) is 95.7 Å². The highest BCUT2D eigenvalue weighted by Gasteiger charge is 2.14. The predicted molar refractivity (Wildman–Crippen MR) is 122 cm³/mol. The third-order valence-electron chi connectivity index (χ3n) is 4.47. The van der Waals surface area contributed by atoms with E-state index in [1.54, 1.807) is 68.6 Å². The average molecular weight is 413 g/mol. The summed E-state index contributed by atoms with van der Waals surface area (Å²) in [6.07, 6.45) is 1.59. The van der Waals surface area contributed by atoms with Crippen LogP contribution in [-0.2, 0) is 4.79 Å². The third kappa shape index (κ3) is 6.14. The van der Waals surface area contributed by atoms with Crippen molar-refractivity contribution in [3.8, 4) is 5.75 Å². The molecule has 0 saturated carbocycles. The van der Waals surface area contributed by atoms with Gasteiger partial charge < -0.3 is 10.1 Å². The summed E-state index contributed by atoms with van der Waals surface area (Å²) in [6, 6.07) is 25.3. The highest BCUT2D eigenvalue weighted by atomic mass is 16.5. The number of carbonyl (C=O) groups excluding carboxylic acids is 2. The summed E-state index contributed by atoms with van der Waals surface area (Å²) in [4.78, 5) is 25.5. The lowest BCUT2D eigenvalue weighted by Crippen LogP contribution is -2.33. The largest absolute Gasteiger partial charge is 0.497 e. The van der Waals surface area contributed by atoms with Crippen molar-refractivity contribution in [1.82, 2.24) is 10.7 Å². The molecule has 0 bridgehead atoms. The van der Waals surface area contributed by atoms with Crippen LogP contribution in [0.2, 0.25) is 0 Å². The Balaban J connectivity index is 1.84. The van der Waals surface area contributed by atoms with Crippen LogP contribution in [0.4, 0.5) is 0 Å². The molecule has 0 aliphatic heterocycles. The minimum atomic E-state index is -0.532. The monoisotopic (exact) mass is 413 g/mol. The lowest BCUT2D eigenvalue weighted by molar-refractivity contribution is -0.117. The second-order valence-corrected chi connectivity index (χ2v) is 6.66. The second-order valence-electron chi connectivity index (χ2n) is 6.66. The van der Waals surface area contributed by atoms with Crippen molar-refractivity contribution in [3.63, 3.8) is 0 Å². The van der Waals surface area contributed by atoms with Crippen LogP contribution in [0.3, 0.4) is 0 Å². The van der Waals surface area contributed by atoms with Crippen LogP contribution in [0, 0.1) is 0 Å². The van der Waals surface area contributed by atoms with E-state index < -0.39 is 5.91 Å². The summed E-state index contributed by atoms with van der Waals surface area (Å²) >= 11 is 0. The molecule has 3 aromatic carbocycles. The Labute approximate surface area is 181 Å². The maximum atomic E-state index is 12.8. The van der Waals surface area contributed by atoms with Gasteiger partial charge in [-0.3, -0.25) is 9.59 Å². The van der Waals surface area contributed by atoms with Gasteiger partial charge in [0.1, 0.15) is 11.4 Å². The molecule has 31 heavy (non-hydrogen) atoms. The van der Waals surface area contributed by atoms with Gasteiger partial charge in [0.15, 0.2) is 0 Å². The van der Waals surface area contributed by atoms with Crippen molar-refractivity contribution in [2.24, 2.45) is 5.10 Å². The van der Waals surface area contributed by atoms with Crippen LogP contribution in [0.25, 0.3) is 6.08 Å². The first-order valence-corrected chi connectivity index (χ1v) is 9.69. The van der Waals surface area contributed by atoms with Gasteiger partial charge in [-0.1, -0.05) is 60.7 Å². The summed E-state index contributed by atoms with van der Waals surface area (Å²) in [7, 11) is 1.58. The number of hydrogen-bond acceptors (Lipinski definition) is 4. The molecule has 0 aliphatic rings. The molecule has 3 aromatic rings. The number of nitrogens with one attached hydrogen (secondary N) is 2. The zero-order valence-electron chi connectivity index (χ0n) is 17.3. The van der Waals surface area contributed by atoms with E-state index in [0.29, 0.717) is 17.0 Å². The number of benzene rings is 3. The maximum Gasteiger partial charge on any atom is 0.287 e. The fourth-order valence-electron chi connectivity index (χ4n) is 2.75. The van der Waals surface area contributed by atoms with Gasteiger partial charge in [-0.05, 0) is 48.4 Å². The van der Waals surface area contributed by atoms with Gasteiger partial charge >= 0.3 is 0 Å². The number of hydrazone groups is 1. The van der Waals surface area contributed by atoms with Gasteiger partial charge in [-0.2, -0.15) is 5.10 Å². The first-order chi connectivity index (χ1) is 15.1. The van der Waals surface area contributed by atoms with Crippen molar-refractivity contribution < 1.29 is 14.3 Å². The Bertz CT molecular complexity index is 1090. The molecule has 0 saturated heterocycles. The van der Waals surface area contributed by atoms with E-state index in [0.717, 1.165) is 11.1 Å². The van der Waals surface area contributed by atoms with E-state index >= 15 is 0 Å². The highest BCUT2D eigenvalue weighted by molar-refractivity contribution is 6.06. The number of methoxy groups -OCH3 is 1. The summed E-state index contributed by atoms with van der Waals surface area (Å²) < 4.78 is 5.16. The van der Waals surface area contributed by atoms with Crippen molar-refractivity contribution >= 4 is 23.6 Å². The van der Waals surface area contributed by atoms with E-state index in [-0.39, 0.29) is 11.6 Å². The average Bonchev–Trinajstić information content (AvgIpc) is 2.83. The van der Waals surface area contributed by atoms with Crippen molar-refractivity contribution in [2.45, 2.75) is 6.92 Å². The standard InChI is InChI=1S/C25H23N3O3/c1-18(20-9-5-3-6-10-20)27-28-25(30)23(17-19-13-15-22(31-2)16-14-19)26-24(29)21-11-7-4-8-12-21/h3-17H,1-2H3,(H,26,29)(H,28,30)/b23-17-,27-18?. The summed E-state index contributed by atoms with van der Waals surface area (Å²) in [5.74, 6) is -0.228. The van der Waals surface area contributed by atoms with Crippen LogP contribution in [0.1, 0.15) is 28.4 Å². The van der Waals surface area contributed by atoms with Crippen molar-refractivity contribution in [2.75, 3.05) is 7.11 Å². The first-order valence-electron chi connectivity index (χ1n) is 9.69.